The van der Waals surface area contributed by atoms with Gasteiger partial charge in [-0.2, -0.15) is 0 Å². The van der Waals surface area contributed by atoms with Gasteiger partial charge in [-0.1, -0.05) is 6.07 Å². The van der Waals surface area contributed by atoms with Crippen LogP contribution >= 0.6 is 0 Å². The fraction of sp³-hybridized carbons (Fsp3) is 0.375. The number of rotatable bonds is 5. The molecule has 0 saturated carbocycles. The van der Waals surface area contributed by atoms with Crippen LogP contribution < -0.4 is 10.5 Å². The number of amidine groups is 1. The Balaban J connectivity index is 1.37. The van der Waals surface area contributed by atoms with E-state index >= 15 is 0 Å². The summed E-state index contributed by atoms with van der Waals surface area (Å²) in [5.74, 6) is 0.945. The highest BCUT2D eigenvalue weighted by Gasteiger charge is 2.57. The lowest BCUT2D eigenvalue weighted by molar-refractivity contribution is -0.199. The molecule has 0 radical (unpaired) electrons. The number of fused-ring (bicyclic) bond motifs is 2. The Kier molecular flexibility index (Phi) is 5.40. The van der Waals surface area contributed by atoms with Gasteiger partial charge in [-0.25, -0.2) is 4.99 Å². The first-order valence-electron chi connectivity index (χ1n) is 10.8. The third-order valence-electron chi connectivity index (χ3n) is 5.93. The van der Waals surface area contributed by atoms with Crippen molar-refractivity contribution in [2.24, 2.45) is 15.7 Å². The highest BCUT2D eigenvalue weighted by Crippen LogP contribution is 2.41. The van der Waals surface area contributed by atoms with Crippen molar-refractivity contribution in [1.82, 2.24) is 9.88 Å². The van der Waals surface area contributed by atoms with Crippen molar-refractivity contribution in [1.29, 1.82) is 0 Å². The first-order chi connectivity index (χ1) is 15.9. The molecule has 1 aromatic heterocycles. The summed E-state index contributed by atoms with van der Waals surface area (Å²) in [5.41, 5.74) is 7.61. The van der Waals surface area contributed by atoms with E-state index in [4.69, 9.17) is 24.7 Å². The predicted octanol–water partition coefficient (Wildman–Crippen LogP) is 2.59. The summed E-state index contributed by atoms with van der Waals surface area (Å²) in [5, 5.41) is 1.01. The zero-order chi connectivity index (χ0) is 23.2. The van der Waals surface area contributed by atoms with E-state index in [2.05, 4.69) is 21.7 Å². The summed E-state index contributed by atoms with van der Waals surface area (Å²) in [6.45, 7) is 7.62. The number of ether oxygens (including phenoxy) is 4. The van der Waals surface area contributed by atoms with Crippen LogP contribution in [0.15, 0.2) is 70.2 Å². The van der Waals surface area contributed by atoms with Gasteiger partial charge in [0.2, 0.25) is 0 Å². The Morgan fingerprint density at radius 1 is 1.27 bits per heavy atom. The molecule has 2 aromatic rings. The number of aromatic nitrogens is 1. The van der Waals surface area contributed by atoms with Crippen LogP contribution in [0.4, 0.5) is 0 Å². The maximum atomic E-state index is 6.41. The van der Waals surface area contributed by atoms with Crippen LogP contribution in [0.25, 0.3) is 10.9 Å². The van der Waals surface area contributed by atoms with E-state index < -0.39 is 12.0 Å². The monoisotopic (exact) mass is 449 g/mol. The van der Waals surface area contributed by atoms with E-state index in [9.17, 15) is 0 Å². The molecule has 1 aromatic carbocycles. The molecule has 0 amide bonds. The van der Waals surface area contributed by atoms with Crippen molar-refractivity contribution in [3.05, 3.63) is 60.2 Å². The first kappa shape index (κ1) is 21.6. The predicted molar refractivity (Wildman–Crippen MR) is 125 cm³/mol. The standard InChI is InChI=1S/C24H27N5O4/c1-24(2)32-19-18(13-30-15-7-8-17-14(12-15)6-5-10-28-17)31-23(20(19)33-24)29-11-9-16(21(25)26-3)22(29)27-4/h5-12,18-20,23H,3,13,25H2,1-2,4H3/b21-16-,27-22+/t18-,19-,20-,23-/m1/s1. The molecule has 0 unspecified atom stereocenters. The zero-order valence-electron chi connectivity index (χ0n) is 18.8. The molecular weight excluding hydrogens is 422 g/mol. The maximum Gasteiger partial charge on any atom is 0.164 e. The van der Waals surface area contributed by atoms with Gasteiger partial charge in [0.25, 0.3) is 0 Å². The molecule has 0 aliphatic carbocycles. The summed E-state index contributed by atoms with van der Waals surface area (Å²) < 4.78 is 24.9. The van der Waals surface area contributed by atoms with Gasteiger partial charge in [0.15, 0.2) is 12.0 Å². The van der Waals surface area contributed by atoms with Crippen LogP contribution in [0.1, 0.15) is 13.8 Å². The van der Waals surface area contributed by atoms with Crippen molar-refractivity contribution in [2.75, 3.05) is 13.7 Å². The summed E-state index contributed by atoms with van der Waals surface area (Å²) in [6.07, 6.45) is 4.03. The molecule has 9 nitrogen and oxygen atoms in total. The van der Waals surface area contributed by atoms with E-state index in [-0.39, 0.29) is 18.3 Å². The van der Waals surface area contributed by atoms with Crippen molar-refractivity contribution >= 4 is 23.5 Å². The second kappa shape index (κ2) is 8.26. The van der Waals surface area contributed by atoms with Gasteiger partial charge in [-0.05, 0) is 50.9 Å². The Bertz CT molecular complexity index is 1170. The molecule has 5 rings (SSSR count). The fourth-order valence-corrected chi connectivity index (χ4v) is 4.50. The average Bonchev–Trinajstić information content (AvgIpc) is 3.47. The molecule has 4 atom stereocenters. The quantitative estimate of drug-likeness (QED) is 0.700. The van der Waals surface area contributed by atoms with Gasteiger partial charge >= 0.3 is 0 Å². The number of pyridine rings is 1. The van der Waals surface area contributed by atoms with Crippen molar-refractivity contribution in [3.63, 3.8) is 0 Å². The van der Waals surface area contributed by atoms with E-state index in [1.165, 1.54) is 0 Å². The largest absolute Gasteiger partial charge is 0.491 e. The van der Waals surface area contributed by atoms with E-state index in [1.807, 2.05) is 61.4 Å². The maximum absolute atomic E-state index is 6.41. The Morgan fingerprint density at radius 3 is 2.88 bits per heavy atom. The molecule has 9 heteroatoms. The van der Waals surface area contributed by atoms with Crippen molar-refractivity contribution in [3.8, 4) is 5.75 Å². The van der Waals surface area contributed by atoms with Gasteiger partial charge in [0, 0.05) is 24.8 Å². The lowest BCUT2D eigenvalue weighted by Crippen LogP contribution is -2.43. The van der Waals surface area contributed by atoms with Crippen LogP contribution in [-0.4, -0.2) is 66.4 Å². The van der Waals surface area contributed by atoms with Crippen LogP contribution in [0.3, 0.4) is 0 Å². The molecule has 4 heterocycles. The number of benzene rings is 1. The van der Waals surface area contributed by atoms with E-state index in [0.29, 0.717) is 23.8 Å². The second-order valence-corrected chi connectivity index (χ2v) is 8.53. The minimum Gasteiger partial charge on any atom is -0.491 e. The van der Waals surface area contributed by atoms with Gasteiger partial charge in [-0.3, -0.25) is 9.98 Å². The smallest absolute Gasteiger partial charge is 0.164 e. The molecule has 172 valence electrons. The second-order valence-electron chi connectivity index (χ2n) is 8.53. The topological polar surface area (TPSA) is 104 Å². The first-order valence-corrected chi connectivity index (χ1v) is 10.8. The highest BCUT2D eigenvalue weighted by molar-refractivity contribution is 6.04. The minimum atomic E-state index is -0.739. The fourth-order valence-electron chi connectivity index (χ4n) is 4.50. The molecular formula is C24H27N5O4. The van der Waals surface area contributed by atoms with Crippen LogP contribution in [0.5, 0.6) is 5.75 Å². The van der Waals surface area contributed by atoms with Crippen LogP contribution in [-0.2, 0) is 14.2 Å². The molecule has 3 aliphatic rings. The summed E-state index contributed by atoms with van der Waals surface area (Å²) >= 11 is 0. The lowest BCUT2D eigenvalue weighted by Gasteiger charge is -2.30. The zero-order valence-corrected chi connectivity index (χ0v) is 18.8. The third-order valence-corrected chi connectivity index (χ3v) is 5.93. The lowest BCUT2D eigenvalue weighted by atomic mass is 10.1. The Labute approximate surface area is 192 Å². The number of nitrogens with two attached hydrogens (primary N) is 1. The van der Waals surface area contributed by atoms with Crippen molar-refractivity contribution in [2.45, 2.75) is 44.2 Å². The average molecular weight is 450 g/mol. The number of hydrogen-bond donors (Lipinski definition) is 1. The number of nitrogens with zero attached hydrogens (tertiary/aromatic N) is 4. The van der Waals surface area contributed by atoms with Crippen molar-refractivity contribution < 1.29 is 18.9 Å². The minimum absolute atomic E-state index is 0.304. The molecule has 2 N–H and O–H groups in total. The number of hydrogen-bond acceptors (Lipinski definition) is 8. The third kappa shape index (κ3) is 3.88. The molecule has 0 bridgehead atoms. The molecule has 3 aliphatic heterocycles. The summed E-state index contributed by atoms with van der Waals surface area (Å²) in [4.78, 5) is 14.5. The van der Waals surface area contributed by atoms with E-state index in [0.717, 1.165) is 16.7 Å². The Hall–Kier alpha value is -3.27. The van der Waals surface area contributed by atoms with Crippen LogP contribution in [0, 0.1) is 0 Å². The molecule has 2 saturated heterocycles. The molecule has 33 heavy (non-hydrogen) atoms. The Morgan fingerprint density at radius 2 is 2.09 bits per heavy atom. The normalized spacial score (nSPS) is 30.8. The summed E-state index contributed by atoms with van der Waals surface area (Å²) in [7, 11) is 1.70. The van der Waals surface area contributed by atoms with Crippen LogP contribution in [0.2, 0.25) is 0 Å². The van der Waals surface area contributed by atoms with Gasteiger partial charge in [0.05, 0.1) is 11.1 Å². The molecule has 2 fully saturated rings. The van der Waals surface area contributed by atoms with E-state index in [1.54, 1.807) is 13.2 Å². The number of aliphatic imine (C=N–C) groups is 2. The highest BCUT2D eigenvalue weighted by atomic mass is 16.8. The molecule has 0 spiro atoms. The SMILES string of the molecule is C=N/C(N)=C1/C=CN([C@@H]2O[C@H](COc3ccc4ncccc4c3)[C@H]3OC(C)(C)O[C@H]32)/C1=N/C. The summed E-state index contributed by atoms with van der Waals surface area (Å²) in [6, 6.07) is 9.72. The van der Waals surface area contributed by atoms with Gasteiger partial charge < -0.3 is 29.6 Å². The van der Waals surface area contributed by atoms with Gasteiger partial charge in [0.1, 0.15) is 42.3 Å². The van der Waals surface area contributed by atoms with Gasteiger partial charge in [-0.15, -0.1) is 0 Å².